The van der Waals surface area contributed by atoms with E-state index in [1.807, 2.05) is 30.3 Å². The fraction of sp³-hybridized carbons (Fsp3) is 0.345. The number of nitrogens with one attached hydrogen (secondary N) is 1. The van der Waals surface area contributed by atoms with Crippen LogP contribution in [-0.4, -0.2) is 50.2 Å². The smallest absolute Gasteiger partial charge is 0.223 e. The van der Waals surface area contributed by atoms with Crippen molar-refractivity contribution in [3.63, 3.8) is 0 Å². The van der Waals surface area contributed by atoms with Crippen molar-refractivity contribution in [3.8, 4) is 22.6 Å². The van der Waals surface area contributed by atoms with Gasteiger partial charge in [-0.15, -0.1) is 0 Å². The van der Waals surface area contributed by atoms with Crippen LogP contribution in [0.1, 0.15) is 24.8 Å². The van der Waals surface area contributed by atoms with Crippen LogP contribution in [0.2, 0.25) is 0 Å². The molecule has 0 bridgehead atoms. The summed E-state index contributed by atoms with van der Waals surface area (Å²) in [5, 5.41) is 3.26. The second-order valence-electron chi connectivity index (χ2n) is 8.81. The largest absolute Gasteiger partial charge is 0.497 e. The molecule has 1 aliphatic heterocycles. The standard InChI is InChI=1S/C29H34N2O3/c1-33-27-13-15-28(16-14-27)34-20-17-29(32)30-26(22-31-18-5-6-19-31)21-23-9-11-25(12-10-23)24-7-3-2-4-8-24/h2-4,7-16,26H,5-6,17-22H2,1H3,(H,30,32)/t26-/m0/s1. The second-order valence-corrected chi connectivity index (χ2v) is 8.81. The average molecular weight is 459 g/mol. The third-order valence-electron chi connectivity index (χ3n) is 6.24. The Morgan fingerprint density at radius 2 is 1.53 bits per heavy atom. The zero-order valence-corrected chi connectivity index (χ0v) is 19.9. The SMILES string of the molecule is COc1ccc(OCCC(=O)N[C@@H](Cc2ccc(-c3ccccc3)cc2)CN2CCCC2)cc1. The van der Waals surface area contributed by atoms with Crippen LogP contribution in [-0.2, 0) is 11.2 Å². The van der Waals surface area contributed by atoms with Gasteiger partial charge < -0.3 is 19.7 Å². The molecule has 1 atom stereocenters. The lowest BCUT2D eigenvalue weighted by Crippen LogP contribution is -2.44. The van der Waals surface area contributed by atoms with Crippen molar-refractivity contribution >= 4 is 5.91 Å². The van der Waals surface area contributed by atoms with Gasteiger partial charge in [0.15, 0.2) is 0 Å². The lowest BCUT2D eigenvalue weighted by atomic mass is 10.0. The summed E-state index contributed by atoms with van der Waals surface area (Å²) >= 11 is 0. The lowest BCUT2D eigenvalue weighted by Gasteiger charge is -2.25. The lowest BCUT2D eigenvalue weighted by molar-refractivity contribution is -0.122. The molecule has 1 saturated heterocycles. The summed E-state index contributed by atoms with van der Waals surface area (Å²) in [6.07, 6.45) is 3.62. The Bertz CT molecular complexity index is 1010. The predicted octanol–water partition coefficient (Wildman–Crippen LogP) is 4.95. The fourth-order valence-corrected chi connectivity index (χ4v) is 4.42. The number of benzene rings is 3. The zero-order chi connectivity index (χ0) is 23.6. The van der Waals surface area contributed by atoms with E-state index >= 15 is 0 Å². The first-order valence-corrected chi connectivity index (χ1v) is 12.1. The molecule has 0 radical (unpaired) electrons. The average Bonchev–Trinajstić information content (AvgIpc) is 3.38. The summed E-state index contributed by atoms with van der Waals surface area (Å²) < 4.78 is 10.9. The molecule has 1 fully saturated rings. The molecular weight excluding hydrogens is 424 g/mol. The first-order chi connectivity index (χ1) is 16.7. The van der Waals surface area contributed by atoms with Crippen molar-refractivity contribution in [1.29, 1.82) is 0 Å². The van der Waals surface area contributed by atoms with Crippen LogP contribution >= 0.6 is 0 Å². The van der Waals surface area contributed by atoms with E-state index in [-0.39, 0.29) is 11.9 Å². The third kappa shape index (κ3) is 7.09. The van der Waals surface area contributed by atoms with E-state index in [1.165, 1.54) is 29.5 Å². The van der Waals surface area contributed by atoms with Crippen LogP contribution in [0.4, 0.5) is 0 Å². The van der Waals surface area contributed by atoms with Crippen LogP contribution < -0.4 is 14.8 Å². The van der Waals surface area contributed by atoms with Crippen molar-refractivity contribution < 1.29 is 14.3 Å². The minimum atomic E-state index is 0.0265. The van der Waals surface area contributed by atoms with Gasteiger partial charge in [-0.25, -0.2) is 0 Å². The van der Waals surface area contributed by atoms with E-state index in [0.29, 0.717) is 13.0 Å². The Hall–Kier alpha value is -3.31. The van der Waals surface area contributed by atoms with Crippen LogP contribution in [0.5, 0.6) is 11.5 Å². The molecule has 0 saturated carbocycles. The highest BCUT2D eigenvalue weighted by atomic mass is 16.5. The highest BCUT2D eigenvalue weighted by Gasteiger charge is 2.20. The highest BCUT2D eigenvalue weighted by molar-refractivity contribution is 5.76. The fourth-order valence-electron chi connectivity index (χ4n) is 4.42. The summed E-state index contributed by atoms with van der Waals surface area (Å²) in [5.74, 6) is 1.55. The van der Waals surface area contributed by atoms with Gasteiger partial charge in [-0.1, -0.05) is 54.6 Å². The molecule has 1 N–H and O–H groups in total. The summed E-state index contributed by atoms with van der Waals surface area (Å²) in [6, 6.07) is 26.6. The monoisotopic (exact) mass is 458 g/mol. The summed E-state index contributed by atoms with van der Waals surface area (Å²) in [4.78, 5) is 15.2. The molecule has 3 aromatic rings. The number of hydrogen-bond acceptors (Lipinski definition) is 4. The van der Waals surface area contributed by atoms with Crippen LogP contribution in [0.15, 0.2) is 78.9 Å². The summed E-state index contributed by atoms with van der Waals surface area (Å²) in [6.45, 7) is 3.45. The van der Waals surface area contributed by atoms with Gasteiger partial charge >= 0.3 is 0 Å². The van der Waals surface area contributed by atoms with Gasteiger partial charge in [0.1, 0.15) is 11.5 Å². The van der Waals surface area contributed by atoms with Gasteiger partial charge in [-0.3, -0.25) is 4.79 Å². The molecule has 34 heavy (non-hydrogen) atoms. The molecule has 5 heteroatoms. The maximum Gasteiger partial charge on any atom is 0.223 e. The third-order valence-corrected chi connectivity index (χ3v) is 6.24. The molecule has 178 valence electrons. The molecule has 0 aliphatic carbocycles. The Morgan fingerprint density at radius 3 is 2.21 bits per heavy atom. The molecule has 1 aliphatic rings. The number of ether oxygens (including phenoxy) is 2. The normalized spacial score (nSPS) is 14.5. The molecular formula is C29H34N2O3. The molecule has 1 amide bonds. The second kappa shape index (κ2) is 12.2. The maximum atomic E-state index is 12.7. The van der Waals surface area contributed by atoms with Crippen LogP contribution in [0, 0.1) is 0 Å². The number of amides is 1. The number of methoxy groups -OCH3 is 1. The molecule has 4 rings (SSSR count). The van der Waals surface area contributed by atoms with E-state index in [9.17, 15) is 4.79 Å². The van der Waals surface area contributed by atoms with E-state index in [0.717, 1.165) is 37.6 Å². The number of likely N-dealkylation sites (tertiary alicyclic amines) is 1. The van der Waals surface area contributed by atoms with Crippen molar-refractivity contribution in [3.05, 3.63) is 84.4 Å². The number of nitrogens with zero attached hydrogens (tertiary/aromatic N) is 1. The van der Waals surface area contributed by atoms with E-state index in [4.69, 9.17) is 9.47 Å². The Balaban J connectivity index is 1.32. The zero-order valence-electron chi connectivity index (χ0n) is 19.9. The molecule has 1 heterocycles. The molecule has 0 spiro atoms. The van der Waals surface area contributed by atoms with Gasteiger partial charge in [0.25, 0.3) is 0 Å². The highest BCUT2D eigenvalue weighted by Crippen LogP contribution is 2.20. The molecule has 3 aromatic carbocycles. The summed E-state index contributed by atoms with van der Waals surface area (Å²) in [5.41, 5.74) is 3.66. The number of carbonyl (C=O) groups is 1. The Labute approximate surface area is 202 Å². The van der Waals surface area contributed by atoms with Crippen molar-refractivity contribution in [1.82, 2.24) is 10.2 Å². The van der Waals surface area contributed by atoms with Gasteiger partial charge in [-0.05, 0) is 73.3 Å². The van der Waals surface area contributed by atoms with E-state index < -0.39 is 0 Å². The number of carbonyl (C=O) groups excluding carboxylic acids is 1. The summed E-state index contributed by atoms with van der Waals surface area (Å²) in [7, 11) is 1.64. The van der Waals surface area contributed by atoms with Gasteiger partial charge in [0.2, 0.25) is 5.91 Å². The first-order valence-electron chi connectivity index (χ1n) is 12.1. The van der Waals surface area contributed by atoms with Crippen molar-refractivity contribution in [2.75, 3.05) is 33.4 Å². The quantitative estimate of drug-likeness (QED) is 0.442. The number of rotatable bonds is 11. The van der Waals surface area contributed by atoms with Crippen molar-refractivity contribution in [2.45, 2.75) is 31.7 Å². The first kappa shape index (κ1) is 23.8. The van der Waals surface area contributed by atoms with Gasteiger partial charge in [0, 0.05) is 12.6 Å². The van der Waals surface area contributed by atoms with Crippen LogP contribution in [0.25, 0.3) is 11.1 Å². The van der Waals surface area contributed by atoms with Crippen LogP contribution in [0.3, 0.4) is 0 Å². The number of hydrogen-bond donors (Lipinski definition) is 1. The molecule has 0 aromatic heterocycles. The molecule has 5 nitrogen and oxygen atoms in total. The van der Waals surface area contributed by atoms with Gasteiger partial charge in [-0.2, -0.15) is 0 Å². The van der Waals surface area contributed by atoms with E-state index in [2.05, 4.69) is 58.7 Å². The Morgan fingerprint density at radius 1 is 0.882 bits per heavy atom. The maximum absolute atomic E-state index is 12.7. The Kier molecular flexibility index (Phi) is 8.58. The van der Waals surface area contributed by atoms with Crippen molar-refractivity contribution in [2.24, 2.45) is 0 Å². The minimum Gasteiger partial charge on any atom is -0.497 e. The minimum absolute atomic E-state index is 0.0265. The molecule has 0 unspecified atom stereocenters. The predicted molar refractivity (Wildman–Crippen MR) is 136 cm³/mol. The topological polar surface area (TPSA) is 50.8 Å². The van der Waals surface area contributed by atoms with Gasteiger partial charge in [0.05, 0.1) is 20.1 Å². The van der Waals surface area contributed by atoms with E-state index in [1.54, 1.807) is 7.11 Å².